The number of nitrogens with zero attached hydrogens (tertiary/aromatic N) is 1. The summed E-state index contributed by atoms with van der Waals surface area (Å²) >= 11 is 0. The molecule has 1 heterocycles. The Morgan fingerprint density at radius 1 is 0.857 bits per heavy atom. The van der Waals surface area contributed by atoms with Gasteiger partial charge in [-0.25, -0.2) is 4.99 Å². The van der Waals surface area contributed by atoms with Crippen LogP contribution < -0.4 is 17.2 Å². The van der Waals surface area contributed by atoms with Crippen LogP contribution in [-0.2, 0) is 0 Å². The molecule has 2 atom stereocenters. The van der Waals surface area contributed by atoms with E-state index < -0.39 is 0 Å². The summed E-state index contributed by atoms with van der Waals surface area (Å²) in [4.78, 5) is 4.86. The van der Waals surface area contributed by atoms with Crippen molar-refractivity contribution in [3.8, 4) is 0 Å². The van der Waals surface area contributed by atoms with E-state index in [0.29, 0.717) is 11.8 Å². The molecule has 0 aromatic rings. The minimum Gasteiger partial charge on any atom is -0.383 e. The Kier molecular flexibility index (Phi) is 10.6. The van der Waals surface area contributed by atoms with Crippen molar-refractivity contribution in [1.82, 2.24) is 0 Å². The van der Waals surface area contributed by atoms with E-state index in [0.717, 1.165) is 44.6 Å². The van der Waals surface area contributed by atoms with Gasteiger partial charge < -0.3 is 17.2 Å². The first kappa shape index (κ1) is 22.9. The molecule has 4 heteroatoms. The van der Waals surface area contributed by atoms with Crippen molar-refractivity contribution in [2.75, 3.05) is 13.1 Å². The van der Waals surface area contributed by atoms with Crippen molar-refractivity contribution in [3.05, 3.63) is 35.1 Å². The molecule has 0 spiro atoms. The highest BCUT2D eigenvalue weighted by atomic mass is 14.9. The molecular formula is C24H42N4. The van der Waals surface area contributed by atoms with E-state index >= 15 is 0 Å². The van der Waals surface area contributed by atoms with E-state index in [1.165, 1.54) is 68.2 Å². The van der Waals surface area contributed by atoms with Gasteiger partial charge >= 0.3 is 0 Å². The van der Waals surface area contributed by atoms with Gasteiger partial charge in [-0.2, -0.15) is 0 Å². The average Bonchev–Trinajstić information content (AvgIpc) is 2.69. The first-order valence-electron chi connectivity index (χ1n) is 11.6. The van der Waals surface area contributed by atoms with Crippen LogP contribution in [0.5, 0.6) is 0 Å². The number of allylic oxidation sites excluding steroid dienone is 4. The van der Waals surface area contributed by atoms with Gasteiger partial charge in [-0.1, -0.05) is 51.2 Å². The van der Waals surface area contributed by atoms with E-state index in [-0.39, 0.29) is 0 Å². The standard InChI is InChI=1S/C24H42N4/c1-2-3-6-13-21-18-22-20(12-8-5-10-15-26)16-19(11-7-4-9-14-25)17-23(22)28-24(21)27/h16-18,20,22H,2-15,25-26H2,1H3,(H2,27,28). The van der Waals surface area contributed by atoms with Crippen molar-refractivity contribution in [2.24, 2.45) is 34.0 Å². The minimum absolute atomic E-state index is 0.398. The maximum absolute atomic E-state index is 6.33. The molecule has 0 amide bonds. The molecule has 28 heavy (non-hydrogen) atoms. The number of amidine groups is 1. The lowest BCUT2D eigenvalue weighted by atomic mass is 9.77. The molecular weight excluding hydrogens is 344 g/mol. The average molecular weight is 387 g/mol. The monoisotopic (exact) mass is 386 g/mol. The Labute approximate surface area is 172 Å². The van der Waals surface area contributed by atoms with Gasteiger partial charge in [-0.05, 0) is 81.2 Å². The van der Waals surface area contributed by atoms with Crippen LogP contribution in [0.1, 0.15) is 84.0 Å². The fraction of sp³-hybridized carbons (Fsp3) is 0.708. The Morgan fingerprint density at radius 2 is 1.57 bits per heavy atom. The highest BCUT2D eigenvalue weighted by molar-refractivity contribution is 5.98. The molecule has 6 N–H and O–H groups in total. The maximum atomic E-state index is 6.33. The van der Waals surface area contributed by atoms with Gasteiger partial charge in [-0.15, -0.1) is 0 Å². The highest BCUT2D eigenvalue weighted by Gasteiger charge is 2.29. The van der Waals surface area contributed by atoms with Gasteiger partial charge in [0.15, 0.2) is 0 Å². The van der Waals surface area contributed by atoms with Crippen LogP contribution >= 0.6 is 0 Å². The molecule has 1 aliphatic carbocycles. The number of fused-ring (bicyclic) bond motifs is 1. The first-order valence-corrected chi connectivity index (χ1v) is 11.6. The molecule has 2 rings (SSSR count). The van der Waals surface area contributed by atoms with Crippen LogP contribution in [-0.4, -0.2) is 18.9 Å². The number of hydrogen-bond acceptors (Lipinski definition) is 4. The van der Waals surface area contributed by atoms with Crippen molar-refractivity contribution < 1.29 is 0 Å². The summed E-state index contributed by atoms with van der Waals surface area (Å²) in [7, 11) is 0. The largest absolute Gasteiger partial charge is 0.383 e. The zero-order valence-corrected chi connectivity index (χ0v) is 18.0. The van der Waals surface area contributed by atoms with Gasteiger partial charge in [0.25, 0.3) is 0 Å². The Balaban J connectivity index is 2.08. The fourth-order valence-corrected chi connectivity index (χ4v) is 4.31. The van der Waals surface area contributed by atoms with E-state index in [9.17, 15) is 0 Å². The third-order valence-corrected chi connectivity index (χ3v) is 5.98. The second-order valence-corrected chi connectivity index (χ2v) is 8.38. The van der Waals surface area contributed by atoms with Crippen LogP contribution in [0, 0.1) is 11.8 Å². The number of dihydropyridines is 1. The third kappa shape index (κ3) is 7.21. The summed E-state index contributed by atoms with van der Waals surface area (Å²) in [5.74, 6) is 1.68. The molecule has 0 bridgehead atoms. The second-order valence-electron chi connectivity index (χ2n) is 8.38. The summed E-state index contributed by atoms with van der Waals surface area (Å²) in [5.41, 5.74) is 21.5. The molecule has 2 aliphatic rings. The van der Waals surface area contributed by atoms with Crippen LogP contribution in [0.15, 0.2) is 40.1 Å². The summed E-state index contributed by atoms with van der Waals surface area (Å²) in [6.07, 6.45) is 21.4. The molecule has 0 radical (unpaired) electrons. The van der Waals surface area contributed by atoms with Crippen LogP contribution in [0.2, 0.25) is 0 Å². The molecule has 158 valence electrons. The molecule has 2 unspecified atom stereocenters. The summed E-state index contributed by atoms with van der Waals surface area (Å²) < 4.78 is 0. The minimum atomic E-state index is 0.398. The molecule has 0 saturated carbocycles. The van der Waals surface area contributed by atoms with E-state index in [4.69, 9.17) is 22.2 Å². The number of rotatable bonds is 14. The third-order valence-electron chi connectivity index (χ3n) is 5.98. The fourth-order valence-electron chi connectivity index (χ4n) is 4.31. The zero-order chi connectivity index (χ0) is 20.2. The van der Waals surface area contributed by atoms with Crippen molar-refractivity contribution in [3.63, 3.8) is 0 Å². The normalized spacial score (nSPS) is 21.5. The molecule has 0 aromatic carbocycles. The second kappa shape index (κ2) is 12.9. The zero-order valence-electron chi connectivity index (χ0n) is 18.0. The summed E-state index contributed by atoms with van der Waals surface area (Å²) in [5, 5.41) is 0. The number of nitrogens with two attached hydrogens (primary N) is 3. The molecule has 4 nitrogen and oxygen atoms in total. The quantitative estimate of drug-likeness (QED) is 0.369. The van der Waals surface area contributed by atoms with Gasteiger partial charge in [0, 0.05) is 5.92 Å². The lowest BCUT2D eigenvalue weighted by Crippen LogP contribution is -2.26. The summed E-state index contributed by atoms with van der Waals surface area (Å²) in [6.45, 7) is 3.83. The predicted octanol–water partition coefficient (Wildman–Crippen LogP) is 4.96. The molecule has 0 fully saturated rings. The topological polar surface area (TPSA) is 90.4 Å². The van der Waals surface area contributed by atoms with Crippen molar-refractivity contribution in [1.29, 1.82) is 0 Å². The SMILES string of the molecule is CCCCCC1=CC2C(=CC(CCCCCN)=CC2CCCCCN)N=C1N. The van der Waals surface area contributed by atoms with Gasteiger partial charge in [0.05, 0.1) is 5.70 Å². The van der Waals surface area contributed by atoms with Crippen LogP contribution in [0.3, 0.4) is 0 Å². The van der Waals surface area contributed by atoms with E-state index in [1.54, 1.807) is 0 Å². The van der Waals surface area contributed by atoms with Gasteiger partial charge in [0.2, 0.25) is 0 Å². The van der Waals surface area contributed by atoms with E-state index in [2.05, 4.69) is 25.2 Å². The van der Waals surface area contributed by atoms with Gasteiger partial charge in [0.1, 0.15) is 5.84 Å². The molecule has 0 saturated heterocycles. The highest BCUT2D eigenvalue weighted by Crippen LogP contribution is 2.39. The smallest absolute Gasteiger partial charge is 0.126 e. The van der Waals surface area contributed by atoms with Gasteiger partial charge in [-0.3, -0.25) is 0 Å². The summed E-state index contributed by atoms with van der Waals surface area (Å²) in [6, 6.07) is 0. The van der Waals surface area contributed by atoms with Crippen LogP contribution in [0.25, 0.3) is 0 Å². The first-order chi connectivity index (χ1) is 13.7. The lowest BCUT2D eigenvalue weighted by Gasteiger charge is -2.31. The number of unbranched alkanes of at least 4 members (excludes halogenated alkanes) is 6. The number of aliphatic imine (C=N–C) groups is 1. The lowest BCUT2D eigenvalue weighted by molar-refractivity contribution is 0.449. The predicted molar refractivity (Wildman–Crippen MR) is 122 cm³/mol. The van der Waals surface area contributed by atoms with Crippen molar-refractivity contribution in [2.45, 2.75) is 84.0 Å². The Bertz CT molecular complexity index is 585. The maximum Gasteiger partial charge on any atom is 0.126 e. The van der Waals surface area contributed by atoms with Crippen LogP contribution in [0.4, 0.5) is 0 Å². The molecule has 0 aromatic heterocycles. The Morgan fingerprint density at radius 3 is 2.29 bits per heavy atom. The van der Waals surface area contributed by atoms with Crippen molar-refractivity contribution >= 4 is 5.84 Å². The van der Waals surface area contributed by atoms with E-state index in [1.807, 2.05) is 0 Å². The molecule has 1 aliphatic heterocycles. The Hall–Kier alpha value is -1.39. The number of hydrogen-bond donors (Lipinski definition) is 3.